The molecule has 0 saturated carbocycles. The molecule has 3 heterocycles. The molecule has 6 nitrogen and oxygen atoms in total. The number of carbonyl (C=O) groups excluding carboxylic acids is 2. The minimum atomic E-state index is -0.254. The Bertz CT molecular complexity index is 995. The van der Waals surface area contributed by atoms with Crippen LogP contribution in [0.15, 0.2) is 42.6 Å². The van der Waals surface area contributed by atoms with Crippen molar-refractivity contribution in [3.05, 3.63) is 58.2 Å². The summed E-state index contributed by atoms with van der Waals surface area (Å²) >= 11 is 12.6. The average molecular weight is 489 g/mol. The van der Waals surface area contributed by atoms with Gasteiger partial charge in [0.2, 0.25) is 11.8 Å². The highest BCUT2D eigenvalue weighted by Crippen LogP contribution is 2.41. The second-order valence-electron chi connectivity index (χ2n) is 8.90. The zero-order valence-corrected chi connectivity index (χ0v) is 20.5. The van der Waals surface area contributed by atoms with Crippen LogP contribution < -0.4 is 4.90 Å². The highest BCUT2D eigenvalue weighted by Gasteiger charge is 2.41. The van der Waals surface area contributed by atoms with Gasteiger partial charge in [-0.3, -0.25) is 19.4 Å². The number of anilines is 1. The van der Waals surface area contributed by atoms with Crippen molar-refractivity contribution in [2.75, 3.05) is 44.2 Å². The molecule has 4 rings (SSSR count). The predicted molar refractivity (Wildman–Crippen MR) is 132 cm³/mol. The highest BCUT2D eigenvalue weighted by molar-refractivity contribution is 6.42. The molecule has 33 heavy (non-hydrogen) atoms. The molecular weight excluding hydrogens is 459 g/mol. The van der Waals surface area contributed by atoms with Crippen LogP contribution in [-0.2, 0) is 15.0 Å². The van der Waals surface area contributed by atoms with E-state index < -0.39 is 0 Å². The van der Waals surface area contributed by atoms with E-state index in [0.29, 0.717) is 35.2 Å². The van der Waals surface area contributed by atoms with Gasteiger partial charge in [0.05, 0.1) is 10.0 Å². The summed E-state index contributed by atoms with van der Waals surface area (Å²) in [5.41, 5.74) is 0.848. The number of aromatic nitrogens is 1. The summed E-state index contributed by atoms with van der Waals surface area (Å²) < 4.78 is 0. The molecule has 2 fully saturated rings. The molecule has 2 saturated heterocycles. The lowest BCUT2D eigenvalue weighted by atomic mass is 9.71. The van der Waals surface area contributed by atoms with Crippen LogP contribution in [0.3, 0.4) is 0 Å². The quantitative estimate of drug-likeness (QED) is 0.604. The van der Waals surface area contributed by atoms with Gasteiger partial charge < -0.3 is 4.90 Å². The maximum atomic E-state index is 12.9. The number of piperidine rings is 1. The number of piperazine rings is 1. The molecular formula is C25H30Cl2N4O2. The topological polar surface area (TPSA) is 56.8 Å². The minimum Gasteiger partial charge on any atom is -0.340 e. The van der Waals surface area contributed by atoms with Crippen molar-refractivity contribution >= 4 is 40.8 Å². The van der Waals surface area contributed by atoms with Gasteiger partial charge in [-0.1, -0.05) is 42.3 Å². The summed E-state index contributed by atoms with van der Waals surface area (Å²) in [7, 11) is 0. The van der Waals surface area contributed by atoms with E-state index in [2.05, 4.69) is 9.88 Å². The van der Waals surface area contributed by atoms with Crippen molar-refractivity contribution in [3.8, 4) is 0 Å². The molecule has 2 aromatic rings. The molecule has 0 unspecified atom stereocenters. The van der Waals surface area contributed by atoms with Gasteiger partial charge in [-0.25, -0.2) is 4.98 Å². The Balaban J connectivity index is 1.56. The summed E-state index contributed by atoms with van der Waals surface area (Å²) in [4.78, 5) is 35.5. The van der Waals surface area contributed by atoms with Crippen LogP contribution in [0.5, 0.6) is 0 Å². The number of nitrogens with zero attached hydrogens (tertiary/aromatic N) is 4. The van der Waals surface area contributed by atoms with Gasteiger partial charge in [0.25, 0.3) is 0 Å². The van der Waals surface area contributed by atoms with Gasteiger partial charge in [0, 0.05) is 57.2 Å². The lowest BCUT2D eigenvalue weighted by Gasteiger charge is -2.44. The van der Waals surface area contributed by atoms with Crippen LogP contribution >= 0.6 is 23.2 Å². The Morgan fingerprint density at radius 3 is 2.55 bits per heavy atom. The van der Waals surface area contributed by atoms with E-state index in [4.69, 9.17) is 23.2 Å². The van der Waals surface area contributed by atoms with Crippen molar-refractivity contribution in [2.24, 2.45) is 0 Å². The Morgan fingerprint density at radius 1 is 1.09 bits per heavy atom. The van der Waals surface area contributed by atoms with Crippen molar-refractivity contribution in [3.63, 3.8) is 0 Å². The summed E-state index contributed by atoms with van der Waals surface area (Å²) in [6.45, 7) is 6.62. The maximum absolute atomic E-state index is 12.9. The zero-order chi connectivity index (χ0) is 23.4. The van der Waals surface area contributed by atoms with Crippen molar-refractivity contribution in [1.29, 1.82) is 0 Å². The Labute approximate surface area is 205 Å². The van der Waals surface area contributed by atoms with E-state index >= 15 is 0 Å². The second kappa shape index (κ2) is 10.4. The monoisotopic (exact) mass is 488 g/mol. The maximum Gasteiger partial charge on any atom is 0.228 e. The fourth-order valence-corrected chi connectivity index (χ4v) is 5.20. The van der Waals surface area contributed by atoms with E-state index in [9.17, 15) is 9.59 Å². The van der Waals surface area contributed by atoms with Crippen molar-refractivity contribution in [2.45, 2.75) is 38.0 Å². The molecule has 0 radical (unpaired) electrons. The number of halogens is 2. The average Bonchev–Trinajstić information content (AvgIpc) is 2.86. The van der Waals surface area contributed by atoms with Gasteiger partial charge in [-0.05, 0) is 49.2 Å². The third-order valence-corrected chi connectivity index (χ3v) is 7.71. The molecule has 0 aliphatic carbocycles. The number of rotatable bonds is 6. The van der Waals surface area contributed by atoms with Crippen molar-refractivity contribution < 1.29 is 9.59 Å². The van der Waals surface area contributed by atoms with Gasteiger partial charge >= 0.3 is 0 Å². The van der Waals surface area contributed by atoms with Crippen LogP contribution in [-0.4, -0.2) is 65.9 Å². The molecule has 0 bridgehead atoms. The van der Waals surface area contributed by atoms with E-state index in [1.807, 2.05) is 53.1 Å². The molecule has 176 valence electrons. The number of hydrogen-bond acceptors (Lipinski definition) is 4. The summed E-state index contributed by atoms with van der Waals surface area (Å²) in [6.07, 6.45) is 4.35. The number of carbonyl (C=O) groups is 2. The fourth-order valence-electron chi connectivity index (χ4n) is 4.90. The Kier molecular flexibility index (Phi) is 7.57. The minimum absolute atomic E-state index is 0.0936. The lowest BCUT2D eigenvalue weighted by molar-refractivity contribution is -0.132. The molecule has 1 atom stereocenters. The van der Waals surface area contributed by atoms with E-state index in [-0.39, 0.29) is 17.2 Å². The third-order valence-electron chi connectivity index (χ3n) is 6.97. The van der Waals surface area contributed by atoms with E-state index in [1.165, 1.54) is 0 Å². The summed E-state index contributed by atoms with van der Waals surface area (Å²) in [6, 6.07) is 11.5. The SMILES string of the molecule is CCC(=O)N1CCN(CC[C@]2(c3ccc(Cl)c(Cl)c3)CCC(=O)N(c3ccccn3)C2)CC1. The first-order valence-electron chi connectivity index (χ1n) is 11.6. The molecule has 8 heteroatoms. The first kappa shape index (κ1) is 24.0. The standard InChI is InChI=1S/C25H30Cl2N4O2/c1-2-23(32)30-15-13-29(14-16-30)12-10-25(19-6-7-20(26)21(27)17-19)9-8-24(33)31(18-25)22-5-3-4-11-28-22/h3-7,11,17H,2,8-10,12-16,18H2,1H3/t25-/m1/s1. The van der Waals surface area contributed by atoms with Crippen LogP contribution in [0.2, 0.25) is 10.0 Å². The number of hydrogen-bond donors (Lipinski definition) is 0. The zero-order valence-electron chi connectivity index (χ0n) is 19.0. The highest BCUT2D eigenvalue weighted by atomic mass is 35.5. The molecule has 1 aromatic heterocycles. The predicted octanol–water partition coefficient (Wildman–Crippen LogP) is 4.40. The molecule has 0 N–H and O–H groups in total. The van der Waals surface area contributed by atoms with Crippen LogP contribution in [0.1, 0.15) is 38.2 Å². The number of pyridine rings is 1. The smallest absolute Gasteiger partial charge is 0.228 e. The Hall–Kier alpha value is -2.15. The van der Waals surface area contributed by atoms with Gasteiger partial charge in [-0.2, -0.15) is 0 Å². The van der Waals surface area contributed by atoms with Gasteiger partial charge in [0.15, 0.2) is 0 Å². The van der Waals surface area contributed by atoms with E-state index in [0.717, 1.165) is 51.1 Å². The third kappa shape index (κ3) is 5.34. The van der Waals surface area contributed by atoms with Crippen LogP contribution in [0, 0.1) is 0 Å². The first-order chi connectivity index (χ1) is 15.9. The molecule has 2 amide bonds. The molecule has 2 aliphatic heterocycles. The largest absolute Gasteiger partial charge is 0.340 e. The van der Waals surface area contributed by atoms with Gasteiger partial charge in [-0.15, -0.1) is 0 Å². The summed E-state index contributed by atoms with van der Waals surface area (Å²) in [5.74, 6) is 0.994. The number of benzene rings is 1. The fraction of sp³-hybridized carbons (Fsp3) is 0.480. The van der Waals surface area contributed by atoms with E-state index in [1.54, 1.807) is 6.20 Å². The first-order valence-corrected chi connectivity index (χ1v) is 12.3. The molecule has 2 aliphatic rings. The van der Waals surface area contributed by atoms with Crippen LogP contribution in [0.25, 0.3) is 0 Å². The number of amides is 2. The van der Waals surface area contributed by atoms with Gasteiger partial charge in [0.1, 0.15) is 5.82 Å². The second-order valence-corrected chi connectivity index (χ2v) is 9.72. The van der Waals surface area contributed by atoms with Crippen LogP contribution in [0.4, 0.5) is 5.82 Å². The normalized spacial score (nSPS) is 22.0. The molecule has 0 spiro atoms. The Morgan fingerprint density at radius 2 is 1.88 bits per heavy atom. The molecule has 1 aromatic carbocycles. The van der Waals surface area contributed by atoms with Crippen molar-refractivity contribution in [1.82, 2.24) is 14.8 Å². The lowest BCUT2D eigenvalue weighted by Crippen LogP contribution is -2.52. The summed E-state index contributed by atoms with van der Waals surface area (Å²) in [5, 5.41) is 1.06.